The molecule has 20 heavy (non-hydrogen) atoms. The molecule has 0 atom stereocenters. The van der Waals surface area contributed by atoms with Crippen LogP contribution in [0.25, 0.3) is 5.57 Å². The van der Waals surface area contributed by atoms with Crippen LogP contribution < -0.4 is 0 Å². The van der Waals surface area contributed by atoms with E-state index in [2.05, 4.69) is 5.16 Å². The standard InChI is InChI=1S/C13H12Cl2F3NO/c14-10-3-9(4-11(15)5-10)12(1-2-19-20)13(6-16,7-17)8-18/h1-5,20H,6-8H2. The molecule has 0 radical (unpaired) electrons. The Kier molecular flexibility index (Phi) is 6.36. The number of halogens is 5. The second-order valence-electron chi connectivity index (χ2n) is 4.18. The number of benzene rings is 1. The molecule has 0 unspecified atom stereocenters. The van der Waals surface area contributed by atoms with Gasteiger partial charge in [0.15, 0.2) is 0 Å². The lowest BCUT2D eigenvalue weighted by atomic mass is 9.79. The smallest absolute Gasteiger partial charge is 0.104 e. The first-order valence-electron chi connectivity index (χ1n) is 5.55. The molecular formula is C13H12Cl2F3NO. The molecule has 0 aliphatic heterocycles. The second-order valence-corrected chi connectivity index (χ2v) is 5.06. The Bertz CT molecular complexity index is 488. The maximum Gasteiger partial charge on any atom is 0.104 e. The zero-order valence-corrected chi connectivity index (χ0v) is 11.8. The van der Waals surface area contributed by atoms with Crippen molar-refractivity contribution in [2.75, 3.05) is 20.0 Å². The highest BCUT2D eigenvalue weighted by atomic mass is 35.5. The average molecular weight is 326 g/mol. The first kappa shape index (κ1) is 16.9. The maximum atomic E-state index is 13.2. The van der Waals surface area contributed by atoms with Crippen molar-refractivity contribution in [2.45, 2.75) is 0 Å². The number of allylic oxidation sites excluding steroid dienone is 2. The van der Waals surface area contributed by atoms with Crippen LogP contribution in [-0.4, -0.2) is 31.4 Å². The van der Waals surface area contributed by atoms with Gasteiger partial charge in [-0.15, -0.1) is 0 Å². The number of nitrogens with zero attached hydrogens (tertiary/aromatic N) is 1. The molecule has 0 aliphatic rings. The Morgan fingerprint density at radius 3 is 2.00 bits per heavy atom. The summed E-state index contributed by atoms with van der Waals surface area (Å²) in [6, 6.07) is 4.24. The fraction of sp³-hybridized carbons (Fsp3) is 0.308. The van der Waals surface area contributed by atoms with Crippen LogP contribution in [0, 0.1) is 5.41 Å². The highest BCUT2D eigenvalue weighted by Crippen LogP contribution is 2.38. The van der Waals surface area contributed by atoms with Gasteiger partial charge < -0.3 is 5.21 Å². The van der Waals surface area contributed by atoms with Gasteiger partial charge in [-0.3, -0.25) is 0 Å². The molecule has 0 fully saturated rings. The summed E-state index contributed by atoms with van der Waals surface area (Å²) >= 11 is 11.7. The van der Waals surface area contributed by atoms with Gasteiger partial charge in [-0.25, -0.2) is 13.2 Å². The quantitative estimate of drug-likeness (QED) is 0.457. The first-order chi connectivity index (χ1) is 9.52. The van der Waals surface area contributed by atoms with Crippen LogP contribution in [0.3, 0.4) is 0 Å². The van der Waals surface area contributed by atoms with E-state index in [-0.39, 0.29) is 21.2 Å². The van der Waals surface area contributed by atoms with Gasteiger partial charge in [-0.1, -0.05) is 28.4 Å². The summed E-state index contributed by atoms with van der Waals surface area (Å²) in [5.41, 5.74) is -1.74. The third-order valence-corrected chi connectivity index (χ3v) is 3.26. The molecule has 0 amide bonds. The Labute approximate surface area is 124 Å². The molecule has 0 bridgehead atoms. The molecule has 0 saturated carbocycles. The summed E-state index contributed by atoms with van der Waals surface area (Å²) < 4.78 is 39.6. The largest absolute Gasteiger partial charge is 0.411 e. The Hall–Kier alpha value is -1.20. The van der Waals surface area contributed by atoms with Crippen LogP contribution in [0.15, 0.2) is 29.4 Å². The molecule has 110 valence electrons. The van der Waals surface area contributed by atoms with Crippen molar-refractivity contribution < 1.29 is 18.4 Å². The third-order valence-electron chi connectivity index (χ3n) is 2.82. The lowest BCUT2D eigenvalue weighted by Crippen LogP contribution is -2.30. The van der Waals surface area contributed by atoms with Crippen molar-refractivity contribution in [3.8, 4) is 0 Å². The van der Waals surface area contributed by atoms with Crippen LogP contribution in [0.4, 0.5) is 13.2 Å². The number of oxime groups is 1. The van der Waals surface area contributed by atoms with Crippen molar-refractivity contribution in [1.29, 1.82) is 0 Å². The van der Waals surface area contributed by atoms with Gasteiger partial charge in [-0.2, -0.15) is 0 Å². The SMILES string of the molecule is ON=CC=C(c1cc(Cl)cc(Cl)c1)C(CF)(CF)CF. The Morgan fingerprint density at radius 2 is 1.60 bits per heavy atom. The number of alkyl halides is 3. The normalized spacial score (nSPS) is 13.2. The summed E-state index contributed by atoms with van der Waals surface area (Å²) in [5.74, 6) is 0. The lowest BCUT2D eigenvalue weighted by molar-refractivity contribution is 0.174. The first-order valence-corrected chi connectivity index (χ1v) is 6.31. The molecular weight excluding hydrogens is 314 g/mol. The van der Waals surface area contributed by atoms with Gasteiger partial charge in [0.1, 0.15) is 20.0 Å². The van der Waals surface area contributed by atoms with E-state index in [9.17, 15) is 13.2 Å². The molecule has 1 aromatic carbocycles. The fourth-order valence-electron chi connectivity index (χ4n) is 1.72. The number of rotatable bonds is 6. The van der Waals surface area contributed by atoms with E-state index in [0.29, 0.717) is 0 Å². The number of hydrogen-bond donors (Lipinski definition) is 1. The summed E-state index contributed by atoms with van der Waals surface area (Å²) in [7, 11) is 0. The van der Waals surface area contributed by atoms with E-state index in [1.807, 2.05) is 0 Å². The Balaban J connectivity index is 3.46. The zero-order chi connectivity index (χ0) is 15.2. The summed E-state index contributed by atoms with van der Waals surface area (Å²) in [6.45, 7) is -3.76. The third kappa shape index (κ3) is 3.67. The molecule has 0 aliphatic carbocycles. The topological polar surface area (TPSA) is 32.6 Å². The predicted molar refractivity (Wildman–Crippen MR) is 75.1 cm³/mol. The predicted octanol–water partition coefficient (Wildman–Crippen LogP) is 4.73. The van der Waals surface area contributed by atoms with Crippen molar-refractivity contribution in [3.05, 3.63) is 39.9 Å². The molecule has 0 saturated heterocycles. The molecule has 2 nitrogen and oxygen atoms in total. The Morgan fingerprint density at radius 1 is 1.10 bits per heavy atom. The molecule has 1 aromatic rings. The molecule has 1 N–H and O–H groups in total. The van der Waals surface area contributed by atoms with Gasteiger partial charge in [0, 0.05) is 10.0 Å². The molecule has 1 rings (SSSR count). The van der Waals surface area contributed by atoms with E-state index >= 15 is 0 Å². The van der Waals surface area contributed by atoms with Crippen molar-refractivity contribution in [2.24, 2.45) is 10.6 Å². The van der Waals surface area contributed by atoms with Gasteiger partial charge >= 0.3 is 0 Å². The summed E-state index contributed by atoms with van der Waals surface area (Å²) in [6.07, 6.45) is 2.03. The van der Waals surface area contributed by atoms with Crippen LogP contribution >= 0.6 is 23.2 Å². The average Bonchev–Trinajstić information content (AvgIpc) is 2.43. The minimum atomic E-state index is -1.98. The van der Waals surface area contributed by atoms with Crippen LogP contribution in [0.1, 0.15) is 5.56 Å². The van der Waals surface area contributed by atoms with E-state index in [0.717, 1.165) is 12.3 Å². The molecule has 7 heteroatoms. The fourth-order valence-corrected chi connectivity index (χ4v) is 2.25. The van der Waals surface area contributed by atoms with E-state index in [1.54, 1.807) is 0 Å². The van der Waals surface area contributed by atoms with E-state index < -0.39 is 25.4 Å². The minimum Gasteiger partial charge on any atom is -0.411 e. The van der Waals surface area contributed by atoms with E-state index in [1.165, 1.54) is 18.2 Å². The van der Waals surface area contributed by atoms with Crippen molar-refractivity contribution in [3.63, 3.8) is 0 Å². The highest BCUT2D eigenvalue weighted by Gasteiger charge is 2.36. The molecule has 0 aromatic heterocycles. The highest BCUT2D eigenvalue weighted by molar-refractivity contribution is 6.34. The zero-order valence-electron chi connectivity index (χ0n) is 10.3. The van der Waals surface area contributed by atoms with Gasteiger partial charge in [0.05, 0.1) is 11.6 Å². The van der Waals surface area contributed by atoms with Gasteiger partial charge in [0.2, 0.25) is 0 Å². The minimum absolute atomic E-state index is 0.0211. The lowest BCUT2D eigenvalue weighted by Gasteiger charge is -2.28. The van der Waals surface area contributed by atoms with Crippen LogP contribution in [-0.2, 0) is 0 Å². The van der Waals surface area contributed by atoms with Gasteiger partial charge in [-0.05, 0) is 35.4 Å². The second kappa shape index (κ2) is 7.55. The summed E-state index contributed by atoms with van der Waals surface area (Å²) in [4.78, 5) is 0. The van der Waals surface area contributed by atoms with Crippen LogP contribution in [0.5, 0.6) is 0 Å². The number of hydrogen-bond acceptors (Lipinski definition) is 2. The monoisotopic (exact) mass is 325 g/mol. The van der Waals surface area contributed by atoms with Crippen molar-refractivity contribution in [1.82, 2.24) is 0 Å². The van der Waals surface area contributed by atoms with Crippen molar-refractivity contribution >= 4 is 35.0 Å². The van der Waals surface area contributed by atoms with E-state index in [4.69, 9.17) is 28.4 Å². The van der Waals surface area contributed by atoms with Crippen LogP contribution in [0.2, 0.25) is 10.0 Å². The van der Waals surface area contributed by atoms with Gasteiger partial charge in [0.25, 0.3) is 0 Å². The molecule has 0 heterocycles. The molecule has 0 spiro atoms. The maximum absolute atomic E-state index is 13.2. The summed E-state index contributed by atoms with van der Waals surface area (Å²) in [5, 5.41) is 11.7.